The zero-order valence-corrected chi connectivity index (χ0v) is 16.6. The van der Waals surface area contributed by atoms with Crippen LogP contribution in [0.1, 0.15) is 36.1 Å². The Morgan fingerprint density at radius 2 is 2.03 bits per heavy atom. The molecule has 9 heteroatoms. The number of nitrogens with one attached hydrogen (secondary N) is 2. The van der Waals surface area contributed by atoms with Gasteiger partial charge in [0.15, 0.2) is 5.11 Å². The number of hydrogen-bond donors (Lipinski definition) is 2. The third-order valence-corrected chi connectivity index (χ3v) is 4.98. The van der Waals surface area contributed by atoms with Crippen LogP contribution in [0.2, 0.25) is 0 Å². The molecule has 1 fully saturated rings. The SMILES string of the molecule is FC(F)(F)c1ccc(CN2CCCCC2C=NNC(=S)NCc2ccco2)cc1. The number of halogens is 3. The molecule has 2 heterocycles. The summed E-state index contributed by atoms with van der Waals surface area (Å²) in [5.74, 6) is 0.771. The Hall–Kier alpha value is -2.39. The fraction of sp³-hybridized carbons (Fsp3) is 0.400. The van der Waals surface area contributed by atoms with E-state index in [-0.39, 0.29) is 6.04 Å². The molecule has 1 aromatic heterocycles. The van der Waals surface area contributed by atoms with Crippen LogP contribution in [0.25, 0.3) is 0 Å². The highest BCUT2D eigenvalue weighted by Gasteiger charge is 2.30. The molecule has 2 N–H and O–H groups in total. The summed E-state index contributed by atoms with van der Waals surface area (Å²) < 4.78 is 43.4. The van der Waals surface area contributed by atoms with Gasteiger partial charge in [0.1, 0.15) is 5.76 Å². The third kappa shape index (κ3) is 6.57. The number of benzene rings is 1. The first kappa shape index (κ1) is 21.3. The molecule has 1 unspecified atom stereocenters. The number of likely N-dealkylation sites (tertiary alicyclic amines) is 1. The summed E-state index contributed by atoms with van der Waals surface area (Å²) >= 11 is 5.19. The molecule has 156 valence electrons. The van der Waals surface area contributed by atoms with E-state index in [1.165, 1.54) is 12.1 Å². The normalized spacial score (nSPS) is 18.1. The largest absolute Gasteiger partial charge is 0.467 e. The molecule has 1 saturated heterocycles. The first-order valence-electron chi connectivity index (χ1n) is 9.41. The Morgan fingerprint density at radius 1 is 1.24 bits per heavy atom. The molecule has 1 aliphatic heterocycles. The van der Waals surface area contributed by atoms with E-state index in [0.717, 1.165) is 49.3 Å². The van der Waals surface area contributed by atoms with Crippen molar-refractivity contribution in [2.75, 3.05) is 6.54 Å². The summed E-state index contributed by atoms with van der Waals surface area (Å²) in [5, 5.41) is 7.62. The van der Waals surface area contributed by atoms with Crippen molar-refractivity contribution in [1.82, 2.24) is 15.6 Å². The van der Waals surface area contributed by atoms with E-state index in [4.69, 9.17) is 16.6 Å². The number of furan rings is 1. The van der Waals surface area contributed by atoms with Gasteiger partial charge in [-0.15, -0.1) is 0 Å². The Labute approximate surface area is 173 Å². The van der Waals surface area contributed by atoms with Crippen molar-refractivity contribution in [1.29, 1.82) is 0 Å². The quantitative estimate of drug-likeness (QED) is 0.411. The van der Waals surface area contributed by atoms with E-state index in [9.17, 15) is 13.2 Å². The van der Waals surface area contributed by atoms with Crippen molar-refractivity contribution in [3.8, 4) is 0 Å². The number of hydrazone groups is 1. The van der Waals surface area contributed by atoms with Crippen molar-refractivity contribution in [2.45, 2.75) is 44.6 Å². The van der Waals surface area contributed by atoms with Gasteiger partial charge in [0.05, 0.1) is 18.4 Å². The number of thiocarbonyl (C=S) groups is 1. The highest BCUT2D eigenvalue weighted by Crippen LogP contribution is 2.29. The van der Waals surface area contributed by atoms with Crippen LogP contribution in [0.4, 0.5) is 13.2 Å². The number of nitrogens with zero attached hydrogens (tertiary/aromatic N) is 2. The molecule has 5 nitrogen and oxygen atoms in total. The van der Waals surface area contributed by atoms with Crippen molar-refractivity contribution >= 4 is 23.5 Å². The summed E-state index contributed by atoms with van der Waals surface area (Å²) in [6, 6.07) is 9.10. The molecule has 0 amide bonds. The third-order valence-electron chi connectivity index (χ3n) is 4.75. The van der Waals surface area contributed by atoms with Gasteiger partial charge in [0.25, 0.3) is 0 Å². The van der Waals surface area contributed by atoms with Crippen LogP contribution in [-0.2, 0) is 19.3 Å². The van der Waals surface area contributed by atoms with Crippen LogP contribution in [-0.4, -0.2) is 28.8 Å². The van der Waals surface area contributed by atoms with Gasteiger partial charge in [-0.2, -0.15) is 18.3 Å². The van der Waals surface area contributed by atoms with E-state index >= 15 is 0 Å². The van der Waals surface area contributed by atoms with Crippen molar-refractivity contribution in [3.05, 3.63) is 59.5 Å². The monoisotopic (exact) mass is 424 g/mol. The number of rotatable bonds is 6. The summed E-state index contributed by atoms with van der Waals surface area (Å²) in [4.78, 5) is 2.22. The predicted octanol–water partition coefficient (Wildman–Crippen LogP) is 4.30. The van der Waals surface area contributed by atoms with Gasteiger partial charge in [0, 0.05) is 18.8 Å². The van der Waals surface area contributed by atoms with Crippen molar-refractivity contribution in [2.24, 2.45) is 5.10 Å². The van der Waals surface area contributed by atoms with Crippen LogP contribution in [0.3, 0.4) is 0 Å². The summed E-state index contributed by atoms with van der Waals surface area (Å²) in [7, 11) is 0. The van der Waals surface area contributed by atoms with E-state index in [1.54, 1.807) is 12.3 Å². The van der Waals surface area contributed by atoms with Gasteiger partial charge in [-0.3, -0.25) is 10.3 Å². The maximum atomic E-state index is 12.7. The Kier molecular flexibility index (Phi) is 7.27. The number of piperidine rings is 1. The molecule has 1 aliphatic rings. The second-order valence-corrected chi connectivity index (χ2v) is 7.29. The van der Waals surface area contributed by atoms with Crippen LogP contribution < -0.4 is 10.7 Å². The Bertz CT molecular complexity index is 806. The summed E-state index contributed by atoms with van der Waals surface area (Å²) in [6.07, 6.45) is 2.18. The topological polar surface area (TPSA) is 52.8 Å². The minimum Gasteiger partial charge on any atom is -0.467 e. The zero-order valence-electron chi connectivity index (χ0n) is 15.8. The highest BCUT2D eigenvalue weighted by molar-refractivity contribution is 7.80. The minimum atomic E-state index is -4.31. The molecule has 0 radical (unpaired) electrons. The first-order valence-corrected chi connectivity index (χ1v) is 9.82. The van der Waals surface area contributed by atoms with Gasteiger partial charge in [-0.1, -0.05) is 18.6 Å². The van der Waals surface area contributed by atoms with Crippen LogP contribution >= 0.6 is 12.2 Å². The maximum absolute atomic E-state index is 12.7. The molecule has 0 spiro atoms. The molecule has 1 aromatic carbocycles. The molecule has 2 aromatic rings. The van der Waals surface area contributed by atoms with Crippen LogP contribution in [0.5, 0.6) is 0 Å². The predicted molar refractivity (Wildman–Crippen MR) is 109 cm³/mol. The molecule has 0 bridgehead atoms. The second-order valence-electron chi connectivity index (χ2n) is 6.88. The molecular weight excluding hydrogens is 401 g/mol. The smallest absolute Gasteiger partial charge is 0.416 e. The molecule has 29 heavy (non-hydrogen) atoms. The standard InChI is InChI=1S/C20H23F3N4OS/c21-20(22,23)16-8-6-15(7-9-16)14-27-10-2-1-4-17(27)12-25-26-19(29)24-13-18-5-3-11-28-18/h3,5-9,11-12,17H,1-2,4,10,13-14H2,(H2,24,26,29). The van der Waals surface area contributed by atoms with Crippen LogP contribution in [0.15, 0.2) is 52.2 Å². The summed E-state index contributed by atoms with van der Waals surface area (Å²) in [6.45, 7) is 1.92. The molecule has 0 aliphatic carbocycles. The molecular formula is C20H23F3N4OS. The van der Waals surface area contributed by atoms with Crippen molar-refractivity contribution < 1.29 is 17.6 Å². The van der Waals surface area contributed by atoms with Gasteiger partial charge >= 0.3 is 6.18 Å². The lowest BCUT2D eigenvalue weighted by atomic mass is 10.0. The zero-order chi connectivity index (χ0) is 20.7. The van der Waals surface area contributed by atoms with E-state index in [1.807, 2.05) is 12.3 Å². The molecule has 0 saturated carbocycles. The van der Waals surface area contributed by atoms with E-state index < -0.39 is 11.7 Å². The van der Waals surface area contributed by atoms with E-state index in [0.29, 0.717) is 18.2 Å². The molecule has 1 atom stereocenters. The average molecular weight is 424 g/mol. The van der Waals surface area contributed by atoms with Gasteiger partial charge in [-0.05, 0) is 61.4 Å². The van der Waals surface area contributed by atoms with Gasteiger partial charge < -0.3 is 9.73 Å². The van der Waals surface area contributed by atoms with Crippen molar-refractivity contribution in [3.63, 3.8) is 0 Å². The highest BCUT2D eigenvalue weighted by atomic mass is 32.1. The maximum Gasteiger partial charge on any atom is 0.416 e. The first-order chi connectivity index (χ1) is 13.9. The number of alkyl halides is 3. The number of hydrogen-bond acceptors (Lipinski definition) is 4. The fourth-order valence-corrected chi connectivity index (χ4v) is 3.34. The lowest BCUT2D eigenvalue weighted by Crippen LogP contribution is -2.40. The average Bonchev–Trinajstić information content (AvgIpc) is 3.21. The fourth-order valence-electron chi connectivity index (χ4n) is 3.22. The Balaban J connectivity index is 1.51. The molecule has 3 rings (SSSR count). The van der Waals surface area contributed by atoms with E-state index in [2.05, 4.69) is 20.7 Å². The Morgan fingerprint density at radius 3 is 2.72 bits per heavy atom. The summed E-state index contributed by atoms with van der Waals surface area (Å²) in [5.41, 5.74) is 3.02. The van der Waals surface area contributed by atoms with Gasteiger partial charge in [0.2, 0.25) is 0 Å². The second kappa shape index (κ2) is 9.89. The lowest BCUT2D eigenvalue weighted by molar-refractivity contribution is -0.137. The van der Waals surface area contributed by atoms with Crippen LogP contribution in [0, 0.1) is 0 Å². The van der Waals surface area contributed by atoms with Gasteiger partial charge in [-0.25, -0.2) is 0 Å². The lowest BCUT2D eigenvalue weighted by Gasteiger charge is -2.33. The minimum absolute atomic E-state index is 0.103.